The fourth-order valence-corrected chi connectivity index (χ4v) is 3.56. The summed E-state index contributed by atoms with van der Waals surface area (Å²) in [5.41, 5.74) is 6.33. The van der Waals surface area contributed by atoms with E-state index in [0.29, 0.717) is 18.2 Å². The molecule has 0 aromatic carbocycles. The van der Waals surface area contributed by atoms with Crippen LogP contribution < -0.4 is 5.73 Å². The number of nitrogens with two attached hydrogens (primary N) is 1. The van der Waals surface area contributed by atoms with Gasteiger partial charge in [-0.25, -0.2) is 0 Å². The minimum atomic E-state index is -0.740. The fourth-order valence-electron chi connectivity index (χ4n) is 3.09. The van der Waals surface area contributed by atoms with E-state index in [2.05, 4.69) is 32.9 Å². The Kier molecular flexibility index (Phi) is 5.22. The van der Waals surface area contributed by atoms with E-state index in [9.17, 15) is 4.79 Å². The first kappa shape index (κ1) is 16.6. The lowest BCUT2D eigenvalue weighted by Gasteiger charge is -2.35. The Morgan fingerprint density at radius 3 is 2.95 bits per heavy atom. The summed E-state index contributed by atoms with van der Waals surface area (Å²) >= 11 is 3.46. The number of carbonyl (C=O) groups excluding carboxylic acids is 1. The molecule has 2 atom stereocenters. The molecule has 1 heterocycles. The number of likely N-dealkylation sites (N-methyl/N-ethyl adjacent to an activating group) is 1. The van der Waals surface area contributed by atoms with Crippen molar-refractivity contribution in [2.45, 2.75) is 44.7 Å². The molecule has 0 saturated heterocycles. The Balaban J connectivity index is 2.24. The zero-order valence-corrected chi connectivity index (χ0v) is 14.7. The van der Waals surface area contributed by atoms with Crippen LogP contribution in [0.2, 0.25) is 0 Å². The average Bonchev–Trinajstić information content (AvgIpc) is 2.76. The molecule has 1 aromatic rings. The average molecular weight is 357 g/mol. The van der Waals surface area contributed by atoms with Crippen LogP contribution in [0.25, 0.3) is 0 Å². The van der Waals surface area contributed by atoms with Crippen LogP contribution in [-0.4, -0.2) is 46.6 Å². The second kappa shape index (κ2) is 6.58. The highest BCUT2D eigenvalue weighted by Crippen LogP contribution is 2.34. The third-order valence-corrected chi connectivity index (χ3v) is 4.83. The molecule has 0 radical (unpaired) electrons. The topological polar surface area (TPSA) is 64.2 Å². The van der Waals surface area contributed by atoms with Gasteiger partial charge in [0.05, 0.1) is 22.8 Å². The van der Waals surface area contributed by atoms with Gasteiger partial charge in [0.15, 0.2) is 0 Å². The Morgan fingerprint density at radius 2 is 2.33 bits per heavy atom. The highest BCUT2D eigenvalue weighted by molar-refractivity contribution is 9.10. The Bertz CT molecular complexity index is 514. The SMILES string of the molecule is CC1CCCC(N)(C(=O)c2c(Br)cnn2CCN(C)C)C1. The van der Waals surface area contributed by atoms with Gasteiger partial charge < -0.3 is 10.6 Å². The van der Waals surface area contributed by atoms with Gasteiger partial charge in [0, 0.05) is 6.54 Å². The van der Waals surface area contributed by atoms with E-state index >= 15 is 0 Å². The Labute approximate surface area is 135 Å². The fraction of sp³-hybridized carbons (Fsp3) is 0.733. The van der Waals surface area contributed by atoms with E-state index in [-0.39, 0.29) is 5.78 Å². The highest BCUT2D eigenvalue weighted by Gasteiger charge is 2.40. The molecule has 1 aliphatic rings. The van der Waals surface area contributed by atoms with Crippen molar-refractivity contribution >= 4 is 21.7 Å². The second-order valence-corrected chi connectivity index (χ2v) is 7.41. The molecule has 1 fully saturated rings. The molecule has 0 bridgehead atoms. The van der Waals surface area contributed by atoms with E-state index < -0.39 is 5.54 Å². The maximum absolute atomic E-state index is 13.0. The number of Topliss-reactive ketones (excluding diaryl/α,β-unsaturated/α-hetero) is 1. The van der Waals surface area contributed by atoms with Gasteiger partial charge in [0.1, 0.15) is 5.69 Å². The summed E-state index contributed by atoms with van der Waals surface area (Å²) in [7, 11) is 4.01. The monoisotopic (exact) mass is 356 g/mol. The number of ketones is 1. The molecular formula is C15H25BrN4O. The van der Waals surface area contributed by atoms with E-state index in [1.165, 1.54) is 0 Å². The van der Waals surface area contributed by atoms with Crippen LogP contribution in [0.5, 0.6) is 0 Å². The van der Waals surface area contributed by atoms with Gasteiger partial charge in [-0.1, -0.05) is 19.8 Å². The minimum Gasteiger partial charge on any atom is -0.319 e. The minimum absolute atomic E-state index is 0.0252. The number of nitrogens with zero attached hydrogens (tertiary/aromatic N) is 3. The molecule has 1 aromatic heterocycles. The van der Waals surface area contributed by atoms with Crippen molar-refractivity contribution in [1.82, 2.24) is 14.7 Å². The van der Waals surface area contributed by atoms with Gasteiger partial charge in [-0.05, 0) is 48.8 Å². The number of halogens is 1. The lowest BCUT2D eigenvalue weighted by molar-refractivity contribution is 0.0806. The number of carbonyl (C=O) groups is 1. The first-order valence-electron chi connectivity index (χ1n) is 7.53. The summed E-state index contributed by atoms with van der Waals surface area (Å²) in [4.78, 5) is 15.1. The summed E-state index contributed by atoms with van der Waals surface area (Å²) in [5, 5.41) is 4.32. The van der Waals surface area contributed by atoms with E-state index in [1.54, 1.807) is 10.9 Å². The van der Waals surface area contributed by atoms with Crippen LogP contribution in [0.4, 0.5) is 0 Å². The molecule has 2 N–H and O–H groups in total. The molecule has 2 unspecified atom stereocenters. The van der Waals surface area contributed by atoms with Crippen LogP contribution in [0.15, 0.2) is 10.7 Å². The van der Waals surface area contributed by atoms with E-state index in [4.69, 9.17) is 5.73 Å². The summed E-state index contributed by atoms with van der Waals surface area (Å²) < 4.78 is 2.52. The van der Waals surface area contributed by atoms with Crippen molar-refractivity contribution in [3.8, 4) is 0 Å². The summed E-state index contributed by atoms with van der Waals surface area (Å²) in [6.45, 7) is 3.69. The lowest BCUT2D eigenvalue weighted by atomic mass is 9.74. The van der Waals surface area contributed by atoms with Crippen molar-refractivity contribution in [1.29, 1.82) is 0 Å². The first-order valence-corrected chi connectivity index (χ1v) is 8.32. The zero-order valence-electron chi connectivity index (χ0n) is 13.1. The van der Waals surface area contributed by atoms with E-state index in [0.717, 1.165) is 36.7 Å². The van der Waals surface area contributed by atoms with Gasteiger partial charge in [-0.3, -0.25) is 9.48 Å². The van der Waals surface area contributed by atoms with Crippen LogP contribution >= 0.6 is 15.9 Å². The van der Waals surface area contributed by atoms with Gasteiger partial charge >= 0.3 is 0 Å². The molecule has 0 aliphatic heterocycles. The molecule has 1 aliphatic carbocycles. The Morgan fingerprint density at radius 1 is 1.62 bits per heavy atom. The zero-order chi connectivity index (χ0) is 15.6. The van der Waals surface area contributed by atoms with Crippen molar-refractivity contribution in [2.75, 3.05) is 20.6 Å². The summed E-state index contributed by atoms with van der Waals surface area (Å²) in [5.74, 6) is 0.529. The summed E-state index contributed by atoms with van der Waals surface area (Å²) in [6, 6.07) is 0. The summed E-state index contributed by atoms with van der Waals surface area (Å²) in [6.07, 6.45) is 5.40. The van der Waals surface area contributed by atoms with Gasteiger partial charge in [-0.15, -0.1) is 0 Å². The largest absolute Gasteiger partial charge is 0.319 e. The van der Waals surface area contributed by atoms with Crippen LogP contribution in [0.1, 0.15) is 43.1 Å². The number of hydrogen-bond acceptors (Lipinski definition) is 4. The third-order valence-electron chi connectivity index (χ3n) is 4.25. The number of aromatic nitrogens is 2. The van der Waals surface area contributed by atoms with Gasteiger partial charge in [-0.2, -0.15) is 5.10 Å². The molecule has 6 heteroatoms. The van der Waals surface area contributed by atoms with E-state index in [1.807, 2.05) is 14.1 Å². The number of rotatable bonds is 5. The van der Waals surface area contributed by atoms with Gasteiger partial charge in [0.25, 0.3) is 0 Å². The molecule has 5 nitrogen and oxygen atoms in total. The smallest absolute Gasteiger partial charge is 0.201 e. The van der Waals surface area contributed by atoms with Crippen molar-refractivity contribution < 1.29 is 4.79 Å². The second-order valence-electron chi connectivity index (χ2n) is 6.55. The quantitative estimate of drug-likeness (QED) is 0.822. The molecular weight excluding hydrogens is 332 g/mol. The predicted molar refractivity (Wildman–Crippen MR) is 87.4 cm³/mol. The lowest BCUT2D eigenvalue weighted by Crippen LogP contribution is -2.51. The van der Waals surface area contributed by atoms with Gasteiger partial charge in [0.2, 0.25) is 5.78 Å². The highest BCUT2D eigenvalue weighted by atomic mass is 79.9. The first-order chi connectivity index (χ1) is 9.83. The predicted octanol–water partition coefficient (Wildman–Crippen LogP) is 2.30. The van der Waals surface area contributed by atoms with Crippen molar-refractivity contribution in [2.24, 2.45) is 11.7 Å². The van der Waals surface area contributed by atoms with Crippen molar-refractivity contribution in [3.05, 3.63) is 16.4 Å². The molecule has 1 saturated carbocycles. The van der Waals surface area contributed by atoms with Crippen LogP contribution in [-0.2, 0) is 6.54 Å². The number of hydrogen-bond donors (Lipinski definition) is 1. The molecule has 0 amide bonds. The standard InChI is InChI=1S/C15H25BrN4O/c1-11-5-4-6-15(17,9-11)14(21)13-12(16)10-18-20(13)8-7-19(2)3/h10-11H,4-9,17H2,1-3H3. The molecule has 0 spiro atoms. The molecule has 2 rings (SSSR count). The third kappa shape index (κ3) is 3.73. The van der Waals surface area contributed by atoms with Crippen LogP contribution in [0, 0.1) is 5.92 Å². The van der Waals surface area contributed by atoms with Crippen molar-refractivity contribution in [3.63, 3.8) is 0 Å². The Hall–Kier alpha value is -0.720. The maximum Gasteiger partial charge on any atom is 0.201 e. The molecule has 21 heavy (non-hydrogen) atoms. The maximum atomic E-state index is 13.0. The van der Waals surface area contributed by atoms with Crippen LogP contribution in [0.3, 0.4) is 0 Å². The molecule has 118 valence electrons. The normalized spacial score (nSPS) is 26.3.